The second-order valence-corrected chi connectivity index (χ2v) is 11.8. The van der Waals surface area contributed by atoms with E-state index in [0.717, 1.165) is 34.3 Å². The topological polar surface area (TPSA) is 109 Å². The summed E-state index contributed by atoms with van der Waals surface area (Å²) in [5.74, 6) is 0.109. The Labute approximate surface area is 272 Å². The molecule has 1 saturated heterocycles. The summed E-state index contributed by atoms with van der Waals surface area (Å²) in [6.07, 6.45) is 5.15. The first-order valence-electron chi connectivity index (χ1n) is 15.3. The van der Waals surface area contributed by atoms with E-state index in [2.05, 4.69) is 51.9 Å². The molecule has 3 aromatic carbocycles. The lowest BCUT2D eigenvalue weighted by molar-refractivity contribution is -0.614. The maximum Gasteiger partial charge on any atom is 0.409 e. The normalized spacial score (nSPS) is 14.3. The molecule has 1 atom stereocenters. The SMILES string of the molecule is COCCOC(=O)N1CCC(c2cccc([C@H](Cc3ccccc3)c3ccc(-c4cc(Cl)ccc4-n4cnnn4)c[n+]3[O-])c2)CC1. The number of tetrazole rings is 1. The molecule has 0 unspecified atom stereocenters. The van der Waals surface area contributed by atoms with Crippen molar-refractivity contribution in [3.8, 4) is 16.8 Å². The summed E-state index contributed by atoms with van der Waals surface area (Å²) in [5, 5.41) is 25.9. The zero-order chi connectivity index (χ0) is 31.9. The van der Waals surface area contributed by atoms with Crippen molar-refractivity contribution in [2.45, 2.75) is 31.1 Å². The lowest BCUT2D eigenvalue weighted by atomic mass is 9.84. The number of hydrogen-bond acceptors (Lipinski definition) is 7. The third-order valence-electron chi connectivity index (χ3n) is 8.50. The van der Waals surface area contributed by atoms with Crippen LogP contribution in [0.15, 0.2) is 97.5 Å². The van der Waals surface area contributed by atoms with Crippen LogP contribution >= 0.6 is 11.6 Å². The fraction of sp³-hybridized carbons (Fsp3) is 0.286. The van der Waals surface area contributed by atoms with Crippen LogP contribution in [0.3, 0.4) is 0 Å². The second-order valence-electron chi connectivity index (χ2n) is 11.4. The monoisotopic (exact) mass is 638 g/mol. The molecule has 2 aromatic heterocycles. The Bertz CT molecular complexity index is 1760. The number of carbonyl (C=O) groups excluding carboxylic acids is 1. The fourth-order valence-corrected chi connectivity index (χ4v) is 6.28. The molecule has 0 saturated carbocycles. The van der Waals surface area contributed by atoms with Gasteiger partial charge >= 0.3 is 6.09 Å². The number of aromatic nitrogens is 5. The van der Waals surface area contributed by atoms with Crippen LogP contribution in [-0.2, 0) is 15.9 Å². The van der Waals surface area contributed by atoms with Gasteiger partial charge in [-0.2, -0.15) is 9.41 Å². The number of rotatable bonds is 10. The van der Waals surface area contributed by atoms with Crippen molar-refractivity contribution in [2.75, 3.05) is 33.4 Å². The number of methoxy groups -OCH3 is 1. The van der Waals surface area contributed by atoms with Crippen molar-refractivity contribution in [3.63, 3.8) is 0 Å². The lowest BCUT2D eigenvalue weighted by Gasteiger charge is -2.32. The first kappa shape index (κ1) is 31.2. The van der Waals surface area contributed by atoms with E-state index in [1.54, 1.807) is 29.0 Å². The van der Waals surface area contributed by atoms with Crippen LogP contribution in [0.4, 0.5) is 4.79 Å². The summed E-state index contributed by atoms with van der Waals surface area (Å²) in [6.45, 7) is 1.90. The Balaban J connectivity index is 1.28. The number of ether oxygens (including phenoxy) is 2. The molecule has 3 heterocycles. The van der Waals surface area contributed by atoms with Crippen LogP contribution in [0.2, 0.25) is 5.02 Å². The molecule has 5 aromatic rings. The summed E-state index contributed by atoms with van der Waals surface area (Å²) in [6, 6.07) is 28.0. The quantitative estimate of drug-likeness (QED) is 0.106. The van der Waals surface area contributed by atoms with E-state index in [9.17, 15) is 10.0 Å². The van der Waals surface area contributed by atoms with Crippen LogP contribution in [0.1, 0.15) is 47.1 Å². The third-order valence-corrected chi connectivity index (χ3v) is 8.74. The van der Waals surface area contributed by atoms with Crippen LogP contribution in [-0.4, -0.2) is 64.6 Å². The molecule has 6 rings (SSSR count). The van der Waals surface area contributed by atoms with Crippen molar-refractivity contribution in [2.24, 2.45) is 0 Å². The van der Waals surface area contributed by atoms with Crippen LogP contribution in [0, 0.1) is 5.21 Å². The Kier molecular flexibility index (Phi) is 9.85. The van der Waals surface area contributed by atoms with E-state index in [1.165, 1.54) is 11.9 Å². The minimum absolute atomic E-state index is 0.192. The number of amides is 1. The number of piperidine rings is 1. The number of halogens is 1. The minimum atomic E-state index is -0.293. The van der Waals surface area contributed by atoms with Crippen molar-refractivity contribution in [1.82, 2.24) is 25.1 Å². The lowest BCUT2D eigenvalue weighted by Crippen LogP contribution is -2.38. The zero-order valence-electron chi connectivity index (χ0n) is 25.5. The molecule has 236 valence electrons. The minimum Gasteiger partial charge on any atom is -0.618 e. The van der Waals surface area contributed by atoms with E-state index in [0.29, 0.717) is 54.0 Å². The number of carbonyl (C=O) groups is 1. The Morgan fingerprint density at radius 2 is 1.85 bits per heavy atom. The molecule has 0 N–H and O–H groups in total. The van der Waals surface area contributed by atoms with Gasteiger partial charge in [-0.25, -0.2) is 4.79 Å². The predicted molar refractivity (Wildman–Crippen MR) is 174 cm³/mol. The average Bonchev–Trinajstić information content (AvgIpc) is 3.63. The Morgan fingerprint density at radius 3 is 2.59 bits per heavy atom. The van der Waals surface area contributed by atoms with Crippen molar-refractivity contribution in [3.05, 3.63) is 130 Å². The molecular formula is C35H35ClN6O4. The molecule has 10 nitrogen and oxygen atoms in total. The van der Waals surface area contributed by atoms with Gasteiger partial charge in [-0.1, -0.05) is 66.2 Å². The standard InChI is InChI=1S/C35H35ClN6O4/c1-45-18-19-46-35(43)40-16-14-26(15-17-40)27-8-5-9-28(21-27)31(20-25-6-3-2-4-7-25)34-12-10-29(23-42(34)44)32-22-30(36)11-13-33(32)41-24-37-38-39-41/h2-13,21-24,26,31H,14-20H2,1H3/t31-/m0/s1. The van der Waals surface area contributed by atoms with Crippen molar-refractivity contribution >= 4 is 17.7 Å². The molecule has 0 radical (unpaired) electrons. The van der Waals surface area contributed by atoms with Crippen LogP contribution < -0.4 is 4.73 Å². The average molecular weight is 639 g/mol. The first-order chi connectivity index (χ1) is 22.5. The van der Waals surface area contributed by atoms with Crippen LogP contribution in [0.5, 0.6) is 0 Å². The van der Waals surface area contributed by atoms with Gasteiger partial charge in [0.1, 0.15) is 12.9 Å². The maximum absolute atomic E-state index is 13.9. The number of pyridine rings is 1. The summed E-state index contributed by atoms with van der Waals surface area (Å²) in [4.78, 5) is 14.2. The molecule has 11 heteroatoms. The molecule has 1 amide bonds. The molecule has 1 aliphatic rings. The summed E-state index contributed by atoms with van der Waals surface area (Å²) in [5.41, 5.74) is 6.21. The highest BCUT2D eigenvalue weighted by Gasteiger charge is 2.28. The highest BCUT2D eigenvalue weighted by Crippen LogP contribution is 2.34. The highest BCUT2D eigenvalue weighted by atomic mass is 35.5. The summed E-state index contributed by atoms with van der Waals surface area (Å²) in [7, 11) is 1.58. The van der Waals surface area contributed by atoms with Crippen LogP contribution in [0.25, 0.3) is 16.8 Å². The van der Waals surface area contributed by atoms with Gasteiger partial charge in [-0.15, -0.1) is 5.10 Å². The molecule has 1 aliphatic heterocycles. The van der Waals surface area contributed by atoms with Gasteiger partial charge in [0.2, 0.25) is 5.69 Å². The molecule has 46 heavy (non-hydrogen) atoms. The number of nitrogens with zero attached hydrogens (tertiary/aromatic N) is 6. The number of likely N-dealkylation sites (tertiary alicyclic amines) is 1. The van der Waals surface area contributed by atoms with E-state index < -0.39 is 0 Å². The van der Waals surface area contributed by atoms with Gasteiger partial charge < -0.3 is 19.6 Å². The van der Waals surface area contributed by atoms with E-state index in [-0.39, 0.29) is 18.6 Å². The molecule has 0 spiro atoms. The van der Waals surface area contributed by atoms with Gasteiger partial charge in [-0.3, -0.25) is 0 Å². The van der Waals surface area contributed by atoms with Crippen molar-refractivity contribution < 1.29 is 19.0 Å². The summed E-state index contributed by atoms with van der Waals surface area (Å²) < 4.78 is 12.8. The van der Waals surface area contributed by atoms with Gasteiger partial charge in [0, 0.05) is 42.4 Å². The second kappa shape index (κ2) is 14.5. The zero-order valence-corrected chi connectivity index (χ0v) is 26.3. The highest BCUT2D eigenvalue weighted by molar-refractivity contribution is 6.31. The summed E-state index contributed by atoms with van der Waals surface area (Å²) >= 11 is 6.37. The largest absolute Gasteiger partial charge is 0.618 e. The molecule has 0 bridgehead atoms. The fourth-order valence-electron chi connectivity index (χ4n) is 6.10. The molecule has 0 aliphatic carbocycles. The smallest absolute Gasteiger partial charge is 0.409 e. The number of benzene rings is 3. The Hall–Kier alpha value is -4.80. The van der Waals surface area contributed by atoms with Gasteiger partial charge in [0.25, 0.3) is 0 Å². The van der Waals surface area contributed by atoms with Gasteiger partial charge in [-0.05, 0) is 76.6 Å². The maximum atomic E-state index is 13.9. The Morgan fingerprint density at radius 1 is 1.02 bits per heavy atom. The predicted octanol–water partition coefficient (Wildman–Crippen LogP) is 5.95. The van der Waals surface area contributed by atoms with Gasteiger partial charge in [0.15, 0.2) is 6.20 Å². The van der Waals surface area contributed by atoms with E-state index in [1.807, 2.05) is 42.5 Å². The van der Waals surface area contributed by atoms with E-state index >= 15 is 0 Å². The van der Waals surface area contributed by atoms with Crippen molar-refractivity contribution in [1.29, 1.82) is 0 Å². The molecular weight excluding hydrogens is 604 g/mol. The number of hydrogen-bond donors (Lipinski definition) is 0. The third kappa shape index (κ3) is 7.19. The van der Waals surface area contributed by atoms with Gasteiger partial charge in [0.05, 0.1) is 18.2 Å². The first-order valence-corrected chi connectivity index (χ1v) is 15.7. The molecule has 1 fully saturated rings. The van der Waals surface area contributed by atoms with E-state index in [4.69, 9.17) is 21.1 Å².